The third-order valence-electron chi connectivity index (χ3n) is 7.63. The largest absolute Gasteiger partial charge is 0.469 e. The number of hydrogen-bond donors (Lipinski definition) is 0. The zero-order valence-corrected chi connectivity index (χ0v) is 23.5. The Kier molecular flexibility index (Phi) is 8.74. The fraction of sp³-hybridized carbons (Fsp3) is 0.333. The average molecular weight is 579 g/mol. The molecule has 0 unspecified atom stereocenters. The zero-order chi connectivity index (χ0) is 30.6. The highest BCUT2D eigenvalue weighted by atomic mass is 16.5. The SMILES string of the molecule is COC(=O)/C=C(\C(=O)OC)N1[C@H](Cc2ccccc2)[C@@H]2C(=O)N(c3ccccc3)C(=O)[C@@H]2[C@]1(CC(=O)OC)C(=O)OC. The molecule has 0 aliphatic carbocycles. The van der Waals surface area contributed by atoms with Crippen molar-refractivity contribution in [2.75, 3.05) is 33.3 Å². The van der Waals surface area contributed by atoms with Gasteiger partial charge in [0.15, 0.2) is 5.54 Å². The Hall–Kier alpha value is -5.00. The number of methoxy groups -OCH3 is 4. The molecule has 2 aliphatic heterocycles. The molecule has 2 amide bonds. The van der Waals surface area contributed by atoms with Crippen LogP contribution in [0.2, 0.25) is 0 Å². The second-order valence-electron chi connectivity index (χ2n) is 9.69. The molecule has 0 spiro atoms. The van der Waals surface area contributed by atoms with Gasteiger partial charge < -0.3 is 23.8 Å². The summed E-state index contributed by atoms with van der Waals surface area (Å²) < 4.78 is 19.8. The van der Waals surface area contributed by atoms with Crippen LogP contribution in [0.1, 0.15) is 12.0 Å². The molecule has 12 heteroatoms. The van der Waals surface area contributed by atoms with Crippen LogP contribution in [0.3, 0.4) is 0 Å². The lowest BCUT2D eigenvalue weighted by Gasteiger charge is -2.42. The van der Waals surface area contributed by atoms with Crippen molar-refractivity contribution < 1.29 is 47.7 Å². The number of benzene rings is 2. The van der Waals surface area contributed by atoms with Crippen LogP contribution in [0, 0.1) is 11.8 Å². The van der Waals surface area contributed by atoms with E-state index in [0.29, 0.717) is 5.56 Å². The summed E-state index contributed by atoms with van der Waals surface area (Å²) in [5.74, 6) is -8.28. The first-order chi connectivity index (χ1) is 20.2. The Morgan fingerprint density at radius 2 is 1.43 bits per heavy atom. The Labute approximate surface area is 241 Å². The quantitative estimate of drug-likeness (QED) is 0.184. The molecular formula is C30H30N2O10. The Balaban J connectivity index is 2.07. The number of carbonyl (C=O) groups is 6. The third kappa shape index (κ3) is 5.00. The maximum absolute atomic E-state index is 14.3. The van der Waals surface area contributed by atoms with E-state index in [1.54, 1.807) is 60.7 Å². The van der Waals surface area contributed by atoms with Gasteiger partial charge in [0.05, 0.1) is 58.5 Å². The van der Waals surface area contributed by atoms with E-state index in [1.165, 1.54) is 0 Å². The van der Waals surface area contributed by atoms with Crippen LogP contribution >= 0.6 is 0 Å². The number of likely N-dealkylation sites (tertiary alicyclic amines) is 1. The number of esters is 4. The molecule has 2 aliphatic rings. The van der Waals surface area contributed by atoms with E-state index in [4.69, 9.17) is 18.9 Å². The van der Waals surface area contributed by atoms with Gasteiger partial charge in [-0.25, -0.2) is 19.3 Å². The minimum Gasteiger partial charge on any atom is -0.469 e. The van der Waals surface area contributed by atoms with Crippen molar-refractivity contribution in [3.8, 4) is 0 Å². The second-order valence-corrected chi connectivity index (χ2v) is 9.69. The molecule has 2 saturated heterocycles. The van der Waals surface area contributed by atoms with Crippen LogP contribution < -0.4 is 4.90 Å². The highest BCUT2D eigenvalue weighted by Gasteiger charge is 2.74. The second kappa shape index (κ2) is 12.2. The predicted molar refractivity (Wildman–Crippen MR) is 145 cm³/mol. The summed E-state index contributed by atoms with van der Waals surface area (Å²) in [5.41, 5.74) is -1.84. The smallest absolute Gasteiger partial charge is 0.354 e. The van der Waals surface area contributed by atoms with E-state index < -0.39 is 71.2 Å². The summed E-state index contributed by atoms with van der Waals surface area (Å²) in [6.45, 7) is 0. The first-order valence-electron chi connectivity index (χ1n) is 13.0. The van der Waals surface area contributed by atoms with Crippen molar-refractivity contribution in [3.05, 3.63) is 78.0 Å². The van der Waals surface area contributed by atoms with Gasteiger partial charge in [-0.1, -0.05) is 48.5 Å². The molecule has 42 heavy (non-hydrogen) atoms. The number of imide groups is 1. The number of para-hydroxylation sites is 1. The normalized spacial score (nSPS) is 23.3. The summed E-state index contributed by atoms with van der Waals surface area (Å²) in [7, 11) is 4.29. The molecule has 0 aromatic heterocycles. The van der Waals surface area contributed by atoms with Crippen LogP contribution in [-0.2, 0) is 54.1 Å². The van der Waals surface area contributed by atoms with E-state index in [9.17, 15) is 28.8 Å². The Morgan fingerprint density at radius 1 is 0.810 bits per heavy atom. The summed E-state index contributed by atoms with van der Waals surface area (Å²) >= 11 is 0. The maximum Gasteiger partial charge on any atom is 0.354 e. The van der Waals surface area contributed by atoms with Gasteiger partial charge in [-0.3, -0.25) is 14.4 Å². The van der Waals surface area contributed by atoms with Gasteiger partial charge in [-0.05, 0) is 24.1 Å². The fourth-order valence-electron chi connectivity index (χ4n) is 5.95. The van der Waals surface area contributed by atoms with Crippen molar-refractivity contribution >= 4 is 41.4 Å². The third-order valence-corrected chi connectivity index (χ3v) is 7.63. The minimum absolute atomic E-state index is 0.0269. The van der Waals surface area contributed by atoms with Crippen LogP contribution in [0.4, 0.5) is 5.69 Å². The molecule has 0 bridgehead atoms. The number of ether oxygens (including phenoxy) is 4. The number of nitrogens with zero attached hydrogens (tertiary/aromatic N) is 2. The monoisotopic (exact) mass is 578 g/mol. The van der Waals surface area contributed by atoms with Crippen molar-refractivity contribution in [3.63, 3.8) is 0 Å². The standard InChI is InChI=1S/C30H30N2O10/c1-39-22(33)16-21(28(37)41-3)32-20(15-18-11-7-5-8-12-18)24-25(30(32,29(38)42-4)17-23(34)40-2)27(36)31(26(24)35)19-13-9-6-10-14-19/h5-14,16,20,24-25H,15,17H2,1-4H3/b21-16+/t20-,24+,25-,30-/m1/s1. The highest BCUT2D eigenvalue weighted by molar-refractivity contribution is 6.24. The molecule has 0 N–H and O–H groups in total. The van der Waals surface area contributed by atoms with Gasteiger partial charge in [-0.15, -0.1) is 0 Å². The Bertz CT molecular complexity index is 1420. The molecule has 2 fully saturated rings. The molecule has 2 aromatic carbocycles. The van der Waals surface area contributed by atoms with E-state index in [2.05, 4.69) is 0 Å². The van der Waals surface area contributed by atoms with Crippen LogP contribution in [0.15, 0.2) is 72.4 Å². The number of fused-ring (bicyclic) bond motifs is 1. The van der Waals surface area contributed by atoms with Gasteiger partial charge in [0.25, 0.3) is 0 Å². The summed E-state index contributed by atoms with van der Waals surface area (Å²) in [6, 6.07) is 15.9. The van der Waals surface area contributed by atoms with E-state index >= 15 is 0 Å². The van der Waals surface area contributed by atoms with Gasteiger partial charge >= 0.3 is 23.9 Å². The molecular weight excluding hydrogens is 548 g/mol. The lowest BCUT2D eigenvalue weighted by Crippen LogP contribution is -2.61. The summed E-state index contributed by atoms with van der Waals surface area (Å²) in [6.07, 6.45) is 0.0304. The molecule has 220 valence electrons. The van der Waals surface area contributed by atoms with E-state index in [-0.39, 0.29) is 12.1 Å². The van der Waals surface area contributed by atoms with Gasteiger partial charge in [0.1, 0.15) is 5.70 Å². The first kappa shape index (κ1) is 30.0. The van der Waals surface area contributed by atoms with Crippen molar-refractivity contribution in [2.24, 2.45) is 11.8 Å². The maximum atomic E-state index is 14.3. The van der Waals surface area contributed by atoms with Gasteiger partial charge in [0.2, 0.25) is 11.8 Å². The number of rotatable bonds is 9. The number of amides is 2. The predicted octanol–water partition coefficient (Wildman–Crippen LogP) is 1.42. The number of anilines is 1. The molecule has 2 aromatic rings. The van der Waals surface area contributed by atoms with E-state index in [1.807, 2.05) is 0 Å². The van der Waals surface area contributed by atoms with E-state index in [0.717, 1.165) is 44.3 Å². The van der Waals surface area contributed by atoms with Gasteiger partial charge in [0, 0.05) is 6.04 Å². The fourth-order valence-corrected chi connectivity index (χ4v) is 5.95. The molecule has 0 saturated carbocycles. The van der Waals surface area contributed by atoms with Crippen molar-refractivity contribution in [1.82, 2.24) is 4.90 Å². The molecule has 12 nitrogen and oxygen atoms in total. The molecule has 0 radical (unpaired) electrons. The zero-order valence-electron chi connectivity index (χ0n) is 23.5. The highest BCUT2D eigenvalue weighted by Crippen LogP contribution is 2.54. The summed E-state index contributed by atoms with van der Waals surface area (Å²) in [4.78, 5) is 83.4. The minimum atomic E-state index is -2.30. The van der Waals surface area contributed by atoms with Crippen molar-refractivity contribution in [1.29, 1.82) is 0 Å². The molecule has 4 rings (SSSR count). The van der Waals surface area contributed by atoms with Crippen molar-refractivity contribution in [2.45, 2.75) is 24.4 Å². The first-order valence-corrected chi connectivity index (χ1v) is 13.0. The summed E-state index contributed by atoms with van der Waals surface area (Å²) in [5, 5.41) is 0. The Morgan fingerprint density at radius 3 is 1.98 bits per heavy atom. The number of hydrogen-bond acceptors (Lipinski definition) is 11. The molecule has 2 heterocycles. The van der Waals surface area contributed by atoms with Gasteiger partial charge in [-0.2, -0.15) is 0 Å². The molecule has 4 atom stereocenters. The topological polar surface area (TPSA) is 146 Å². The lowest BCUT2D eigenvalue weighted by atomic mass is 9.77. The average Bonchev–Trinajstić information content (AvgIpc) is 3.44. The van der Waals surface area contributed by atoms with Crippen LogP contribution in [-0.4, -0.2) is 80.6 Å². The van der Waals surface area contributed by atoms with Crippen LogP contribution in [0.25, 0.3) is 0 Å². The lowest BCUT2D eigenvalue weighted by molar-refractivity contribution is -0.165. The number of carbonyl (C=O) groups excluding carboxylic acids is 6. The van der Waals surface area contributed by atoms with Crippen LogP contribution in [0.5, 0.6) is 0 Å².